The quantitative estimate of drug-likeness (QED) is 0.546. The molecule has 1 N–H and O–H groups in total. The second-order valence-electron chi connectivity index (χ2n) is 6.02. The van der Waals surface area contributed by atoms with Crippen molar-refractivity contribution in [3.63, 3.8) is 0 Å². The predicted molar refractivity (Wildman–Crippen MR) is 97.5 cm³/mol. The van der Waals surface area contributed by atoms with E-state index in [4.69, 9.17) is 9.15 Å². The van der Waals surface area contributed by atoms with Crippen LogP contribution in [0, 0.1) is 6.92 Å². The molecule has 0 amide bonds. The van der Waals surface area contributed by atoms with Crippen molar-refractivity contribution in [2.24, 2.45) is 0 Å². The smallest absolute Gasteiger partial charge is 0.182 e. The van der Waals surface area contributed by atoms with Gasteiger partial charge in [-0.2, -0.15) is 0 Å². The predicted octanol–water partition coefficient (Wildman–Crippen LogP) is 4.59. The van der Waals surface area contributed by atoms with Crippen molar-refractivity contribution in [1.29, 1.82) is 0 Å². The summed E-state index contributed by atoms with van der Waals surface area (Å²) < 4.78 is 11.4. The highest BCUT2D eigenvalue weighted by molar-refractivity contribution is 6.03. The Morgan fingerprint density at radius 1 is 0.960 bits per heavy atom. The van der Waals surface area contributed by atoms with E-state index in [1.54, 1.807) is 25.3 Å². The van der Waals surface area contributed by atoms with Gasteiger partial charge in [-0.3, -0.25) is 4.79 Å². The molecule has 0 saturated heterocycles. The number of benzene rings is 3. The van der Waals surface area contributed by atoms with Crippen LogP contribution in [-0.2, 0) is 0 Å². The molecule has 2 aromatic carbocycles. The molecular formula is C21H16O4. The molecule has 124 valence electrons. The Hall–Kier alpha value is -3.27. The third kappa shape index (κ3) is 2.52. The standard InChI is InChI=1S/C21H16O4/c1-12-3-8-18(24-2)17(9-12)21-15-6-4-13(22)10-19(15)25-20-11-14(23)5-7-16(20)21/h3-11,22H,1-2H3. The molecule has 2 aromatic rings. The van der Waals surface area contributed by atoms with Crippen molar-refractivity contribution in [2.45, 2.75) is 6.92 Å². The second kappa shape index (κ2) is 5.67. The minimum Gasteiger partial charge on any atom is -0.508 e. The van der Waals surface area contributed by atoms with Crippen LogP contribution in [-0.4, -0.2) is 12.2 Å². The van der Waals surface area contributed by atoms with Gasteiger partial charge in [-0.1, -0.05) is 11.6 Å². The van der Waals surface area contributed by atoms with E-state index in [1.807, 2.05) is 31.2 Å². The molecule has 1 aliphatic carbocycles. The van der Waals surface area contributed by atoms with E-state index in [0.29, 0.717) is 11.3 Å². The Labute approximate surface area is 144 Å². The molecule has 0 fully saturated rings. The first-order chi connectivity index (χ1) is 12.1. The summed E-state index contributed by atoms with van der Waals surface area (Å²) in [7, 11) is 1.63. The van der Waals surface area contributed by atoms with Gasteiger partial charge in [0.15, 0.2) is 5.43 Å². The van der Waals surface area contributed by atoms with Gasteiger partial charge >= 0.3 is 0 Å². The lowest BCUT2D eigenvalue weighted by atomic mass is 9.92. The number of fused-ring (bicyclic) bond motifs is 2. The summed E-state index contributed by atoms with van der Waals surface area (Å²) in [5.41, 5.74) is 4.13. The first kappa shape index (κ1) is 15.3. The minimum atomic E-state index is -0.127. The van der Waals surface area contributed by atoms with Gasteiger partial charge in [0.2, 0.25) is 0 Å². The van der Waals surface area contributed by atoms with Crippen LogP contribution in [0.4, 0.5) is 0 Å². The van der Waals surface area contributed by atoms with Crippen LogP contribution in [0.2, 0.25) is 0 Å². The van der Waals surface area contributed by atoms with Crippen LogP contribution in [0.5, 0.6) is 11.5 Å². The zero-order chi connectivity index (χ0) is 17.6. The molecule has 1 heterocycles. The van der Waals surface area contributed by atoms with E-state index in [1.165, 1.54) is 12.1 Å². The fourth-order valence-corrected chi connectivity index (χ4v) is 3.17. The van der Waals surface area contributed by atoms with Crippen molar-refractivity contribution in [3.8, 4) is 33.9 Å². The molecule has 4 nitrogen and oxygen atoms in total. The van der Waals surface area contributed by atoms with Gasteiger partial charge in [0.25, 0.3) is 0 Å². The normalized spacial score (nSPS) is 11.1. The number of phenols is 1. The fourth-order valence-electron chi connectivity index (χ4n) is 3.17. The Bertz CT molecular complexity index is 1120. The average Bonchev–Trinajstić information content (AvgIpc) is 2.59. The number of rotatable bonds is 2. The summed E-state index contributed by atoms with van der Waals surface area (Å²) in [6, 6.07) is 15.7. The summed E-state index contributed by atoms with van der Waals surface area (Å²) >= 11 is 0. The van der Waals surface area contributed by atoms with Crippen LogP contribution < -0.4 is 10.2 Å². The lowest BCUT2D eigenvalue weighted by Crippen LogP contribution is -2.00. The van der Waals surface area contributed by atoms with Crippen molar-refractivity contribution in [2.75, 3.05) is 7.11 Å². The Morgan fingerprint density at radius 2 is 1.80 bits per heavy atom. The number of aryl methyl sites for hydroxylation is 1. The summed E-state index contributed by atoms with van der Waals surface area (Å²) in [6.07, 6.45) is 0. The molecule has 4 rings (SSSR count). The van der Waals surface area contributed by atoms with Crippen LogP contribution in [0.15, 0.2) is 63.8 Å². The monoisotopic (exact) mass is 332 g/mol. The van der Waals surface area contributed by atoms with Gasteiger partial charge in [0, 0.05) is 34.2 Å². The summed E-state index contributed by atoms with van der Waals surface area (Å²) in [6.45, 7) is 2.02. The fraction of sp³-hybridized carbons (Fsp3) is 0.0952. The van der Waals surface area contributed by atoms with Crippen molar-refractivity contribution >= 4 is 11.0 Å². The molecule has 0 atom stereocenters. The molecular weight excluding hydrogens is 316 g/mol. The lowest BCUT2D eigenvalue weighted by Gasteiger charge is -2.17. The van der Waals surface area contributed by atoms with Gasteiger partial charge in [-0.25, -0.2) is 0 Å². The average molecular weight is 332 g/mol. The SMILES string of the molecule is COc1ccc(C)cc1-c1c2ccc(=O)cc-2oc2cc(O)ccc12. The van der Waals surface area contributed by atoms with Gasteiger partial charge in [-0.05, 0) is 43.3 Å². The number of hydrogen-bond donors (Lipinski definition) is 1. The number of ether oxygens (including phenoxy) is 1. The van der Waals surface area contributed by atoms with E-state index in [2.05, 4.69) is 0 Å². The van der Waals surface area contributed by atoms with Crippen molar-refractivity contribution < 1.29 is 14.3 Å². The zero-order valence-electron chi connectivity index (χ0n) is 13.9. The lowest BCUT2D eigenvalue weighted by molar-refractivity contribution is 0.416. The second-order valence-corrected chi connectivity index (χ2v) is 6.02. The van der Waals surface area contributed by atoms with E-state index < -0.39 is 0 Å². The Morgan fingerprint density at radius 3 is 2.60 bits per heavy atom. The van der Waals surface area contributed by atoms with Gasteiger partial charge in [-0.15, -0.1) is 0 Å². The number of aromatic hydroxyl groups is 1. The van der Waals surface area contributed by atoms with Crippen LogP contribution in [0.3, 0.4) is 0 Å². The molecule has 0 aromatic heterocycles. The first-order valence-electron chi connectivity index (χ1n) is 7.91. The molecule has 0 bridgehead atoms. The van der Waals surface area contributed by atoms with Crippen LogP contribution in [0.25, 0.3) is 33.4 Å². The van der Waals surface area contributed by atoms with Crippen molar-refractivity contribution in [3.05, 3.63) is 70.4 Å². The third-order valence-electron chi connectivity index (χ3n) is 4.30. The molecule has 4 heteroatoms. The van der Waals surface area contributed by atoms with Crippen molar-refractivity contribution in [1.82, 2.24) is 0 Å². The summed E-state index contributed by atoms with van der Waals surface area (Å²) in [5.74, 6) is 1.32. The molecule has 1 aliphatic heterocycles. The number of methoxy groups -OCH3 is 1. The maximum absolute atomic E-state index is 11.8. The van der Waals surface area contributed by atoms with Crippen LogP contribution >= 0.6 is 0 Å². The Balaban J connectivity index is 2.21. The highest BCUT2D eigenvalue weighted by atomic mass is 16.5. The molecule has 0 spiro atoms. The van der Waals surface area contributed by atoms with Gasteiger partial charge in [0.1, 0.15) is 22.8 Å². The molecule has 2 aliphatic rings. The van der Waals surface area contributed by atoms with Gasteiger partial charge < -0.3 is 14.3 Å². The molecule has 0 radical (unpaired) electrons. The Kier molecular flexibility index (Phi) is 3.46. The van der Waals surface area contributed by atoms with E-state index in [0.717, 1.165) is 33.4 Å². The van der Waals surface area contributed by atoms with E-state index in [9.17, 15) is 9.90 Å². The molecule has 0 saturated carbocycles. The molecule has 0 unspecified atom stereocenters. The highest BCUT2D eigenvalue weighted by Gasteiger charge is 2.20. The van der Waals surface area contributed by atoms with E-state index in [-0.39, 0.29) is 11.2 Å². The maximum Gasteiger partial charge on any atom is 0.182 e. The maximum atomic E-state index is 11.8. The summed E-state index contributed by atoms with van der Waals surface area (Å²) in [5, 5.41) is 10.7. The van der Waals surface area contributed by atoms with E-state index >= 15 is 0 Å². The summed E-state index contributed by atoms with van der Waals surface area (Å²) in [4.78, 5) is 11.8. The number of phenolic OH excluding ortho intramolecular Hbond substituents is 1. The topological polar surface area (TPSA) is 59.7 Å². The minimum absolute atomic E-state index is 0.107. The third-order valence-corrected chi connectivity index (χ3v) is 4.30. The largest absolute Gasteiger partial charge is 0.508 e. The number of hydrogen-bond acceptors (Lipinski definition) is 4. The first-order valence-corrected chi connectivity index (χ1v) is 7.91. The highest BCUT2D eigenvalue weighted by Crippen LogP contribution is 2.44. The van der Waals surface area contributed by atoms with Crippen LogP contribution in [0.1, 0.15) is 5.56 Å². The zero-order valence-corrected chi connectivity index (χ0v) is 13.9. The molecule has 25 heavy (non-hydrogen) atoms. The van der Waals surface area contributed by atoms with Gasteiger partial charge in [0.05, 0.1) is 7.11 Å².